The maximum absolute atomic E-state index is 3.68. The summed E-state index contributed by atoms with van der Waals surface area (Å²) in [7, 11) is 0. The van der Waals surface area contributed by atoms with Crippen molar-refractivity contribution >= 4 is 11.8 Å². The van der Waals surface area contributed by atoms with Gasteiger partial charge in [-0.2, -0.15) is 0 Å². The topological polar surface area (TPSA) is 12.0 Å². The summed E-state index contributed by atoms with van der Waals surface area (Å²) < 4.78 is 0. The van der Waals surface area contributed by atoms with Crippen LogP contribution in [0.3, 0.4) is 0 Å². The number of nitrogens with one attached hydrogen (secondary N) is 1. The molecule has 0 spiro atoms. The molecule has 0 atom stereocenters. The minimum atomic E-state index is 1.03. The highest BCUT2D eigenvalue weighted by Gasteiger charge is 2.00. The maximum Gasteiger partial charge on any atom is 0.0515 e. The fourth-order valence-electron chi connectivity index (χ4n) is 0.683. The highest BCUT2D eigenvalue weighted by molar-refractivity contribution is 8.06. The van der Waals surface area contributed by atoms with E-state index >= 15 is 0 Å². The van der Waals surface area contributed by atoms with Crippen LogP contribution in [0.2, 0.25) is 0 Å². The molecule has 0 aromatic carbocycles. The summed E-state index contributed by atoms with van der Waals surface area (Å²) in [5, 5.41) is 5.03. The summed E-state index contributed by atoms with van der Waals surface area (Å²) in [6, 6.07) is 0. The lowest BCUT2D eigenvalue weighted by atomic mass is 10.4. The van der Waals surface area contributed by atoms with Gasteiger partial charge in [-0.15, -0.1) is 0 Å². The van der Waals surface area contributed by atoms with Crippen LogP contribution in [0.15, 0.2) is 47.5 Å². The molecule has 1 heterocycles. The van der Waals surface area contributed by atoms with Gasteiger partial charge in [0.05, 0.1) is 5.70 Å². The van der Waals surface area contributed by atoms with Crippen molar-refractivity contribution in [3.05, 3.63) is 47.5 Å². The van der Waals surface area contributed by atoms with Crippen molar-refractivity contribution < 1.29 is 0 Å². The molecule has 1 N–H and O–H groups in total. The lowest BCUT2D eigenvalue weighted by molar-refractivity contribution is 1.11. The molecule has 1 aliphatic rings. The molecule has 0 amide bonds. The van der Waals surface area contributed by atoms with Crippen molar-refractivity contribution in [3.8, 4) is 0 Å². The second-order valence-electron chi connectivity index (χ2n) is 1.75. The van der Waals surface area contributed by atoms with Crippen molar-refractivity contribution in [3.63, 3.8) is 0 Å². The molecular formula is C8H9NS. The predicted octanol–water partition coefficient (Wildman–Crippen LogP) is 2.38. The molecule has 0 saturated heterocycles. The zero-order valence-electron chi connectivity index (χ0n) is 5.63. The van der Waals surface area contributed by atoms with Crippen molar-refractivity contribution in [2.45, 2.75) is 0 Å². The molecule has 0 radical (unpaired) electrons. The molecule has 0 aromatic heterocycles. The van der Waals surface area contributed by atoms with E-state index < -0.39 is 0 Å². The fraction of sp³-hybridized carbons (Fsp3) is 0. The molecule has 0 aromatic rings. The van der Waals surface area contributed by atoms with Gasteiger partial charge in [0, 0.05) is 11.1 Å². The average Bonchev–Trinajstić information content (AvgIpc) is 2.04. The summed E-state index contributed by atoms with van der Waals surface area (Å²) in [5.41, 5.74) is 1.03. The van der Waals surface area contributed by atoms with E-state index in [1.807, 2.05) is 17.7 Å². The Morgan fingerprint density at radius 2 is 2.20 bits per heavy atom. The van der Waals surface area contributed by atoms with Gasteiger partial charge in [0.25, 0.3) is 0 Å². The van der Waals surface area contributed by atoms with Crippen LogP contribution in [-0.2, 0) is 0 Å². The van der Waals surface area contributed by atoms with Gasteiger partial charge in [0.1, 0.15) is 0 Å². The third-order valence-electron chi connectivity index (χ3n) is 1.16. The Morgan fingerprint density at radius 1 is 1.40 bits per heavy atom. The van der Waals surface area contributed by atoms with Crippen molar-refractivity contribution in [1.29, 1.82) is 0 Å². The second kappa shape index (κ2) is 3.32. The van der Waals surface area contributed by atoms with Crippen LogP contribution in [0, 0.1) is 0 Å². The zero-order valence-corrected chi connectivity index (χ0v) is 6.45. The van der Waals surface area contributed by atoms with Crippen LogP contribution in [-0.4, -0.2) is 0 Å². The molecule has 52 valence electrons. The summed E-state index contributed by atoms with van der Waals surface area (Å²) in [4.78, 5) is 1.12. The van der Waals surface area contributed by atoms with Gasteiger partial charge in [-0.1, -0.05) is 31.0 Å². The highest BCUT2D eigenvalue weighted by Crippen LogP contribution is 2.24. The number of thioether (sulfide) groups is 1. The average molecular weight is 151 g/mol. The Morgan fingerprint density at radius 3 is 2.70 bits per heavy atom. The van der Waals surface area contributed by atoms with E-state index in [2.05, 4.69) is 18.5 Å². The van der Waals surface area contributed by atoms with Crippen LogP contribution >= 0.6 is 11.8 Å². The molecule has 2 heteroatoms. The minimum Gasteiger partial charge on any atom is -0.360 e. The van der Waals surface area contributed by atoms with Gasteiger partial charge in [0.2, 0.25) is 0 Å². The van der Waals surface area contributed by atoms with Gasteiger partial charge < -0.3 is 5.32 Å². The molecule has 1 rings (SSSR count). The zero-order chi connectivity index (χ0) is 7.40. The van der Waals surface area contributed by atoms with Crippen LogP contribution in [0.5, 0.6) is 0 Å². The Balaban J connectivity index is 2.85. The fourth-order valence-corrected chi connectivity index (χ4v) is 1.33. The highest BCUT2D eigenvalue weighted by atomic mass is 32.2. The normalized spacial score (nSPS) is 16.4. The number of hydrogen-bond donors (Lipinski definition) is 1. The van der Waals surface area contributed by atoms with E-state index in [-0.39, 0.29) is 0 Å². The first-order valence-corrected chi connectivity index (χ1v) is 3.84. The smallest absolute Gasteiger partial charge is 0.0515 e. The number of rotatable bonds is 2. The summed E-state index contributed by atoms with van der Waals surface area (Å²) in [5.74, 6) is 0. The molecule has 1 aliphatic heterocycles. The SMILES string of the molecule is C=CC1=C(C=C)SC=CN1. The van der Waals surface area contributed by atoms with Gasteiger partial charge in [0.15, 0.2) is 0 Å². The van der Waals surface area contributed by atoms with Gasteiger partial charge in [-0.05, 0) is 11.5 Å². The first-order valence-electron chi connectivity index (χ1n) is 2.96. The minimum absolute atomic E-state index is 1.03. The van der Waals surface area contributed by atoms with Crippen LogP contribution in [0.4, 0.5) is 0 Å². The lowest BCUT2D eigenvalue weighted by Gasteiger charge is -2.10. The molecule has 0 unspecified atom stereocenters. The predicted molar refractivity (Wildman–Crippen MR) is 47.3 cm³/mol. The lowest BCUT2D eigenvalue weighted by Crippen LogP contribution is -2.06. The standard InChI is InChI=1S/C8H9NS/c1-3-7-8(4-2)10-6-5-9-7/h3-6,9H,1-2H2. The van der Waals surface area contributed by atoms with Crippen molar-refractivity contribution in [2.75, 3.05) is 0 Å². The first kappa shape index (κ1) is 7.22. The summed E-state index contributed by atoms with van der Waals surface area (Å²) >= 11 is 1.64. The first-order chi connectivity index (χ1) is 4.88. The molecular weight excluding hydrogens is 142 g/mol. The summed E-state index contributed by atoms with van der Waals surface area (Å²) in [6.07, 6.45) is 5.49. The van der Waals surface area contributed by atoms with Crippen molar-refractivity contribution in [1.82, 2.24) is 5.32 Å². The molecule has 0 saturated carbocycles. The van der Waals surface area contributed by atoms with E-state index in [0.29, 0.717) is 0 Å². The van der Waals surface area contributed by atoms with Crippen molar-refractivity contribution in [2.24, 2.45) is 0 Å². The molecule has 0 fully saturated rings. The van der Waals surface area contributed by atoms with E-state index in [0.717, 1.165) is 10.6 Å². The van der Waals surface area contributed by atoms with Crippen LogP contribution < -0.4 is 5.32 Å². The molecule has 0 aliphatic carbocycles. The van der Waals surface area contributed by atoms with E-state index in [4.69, 9.17) is 0 Å². The third kappa shape index (κ3) is 1.33. The second-order valence-corrected chi connectivity index (χ2v) is 2.70. The van der Waals surface area contributed by atoms with E-state index in [1.54, 1.807) is 17.8 Å². The van der Waals surface area contributed by atoms with Gasteiger partial charge in [-0.25, -0.2) is 0 Å². The van der Waals surface area contributed by atoms with Crippen LogP contribution in [0.1, 0.15) is 0 Å². The Kier molecular flexibility index (Phi) is 2.40. The molecule has 0 bridgehead atoms. The third-order valence-corrected chi connectivity index (χ3v) is 2.07. The van der Waals surface area contributed by atoms with E-state index in [9.17, 15) is 0 Å². The Bertz CT molecular complexity index is 191. The number of allylic oxidation sites excluding steroid dienone is 2. The number of hydrogen-bond acceptors (Lipinski definition) is 2. The monoisotopic (exact) mass is 151 g/mol. The molecule has 1 nitrogen and oxygen atoms in total. The quantitative estimate of drug-likeness (QED) is 0.650. The van der Waals surface area contributed by atoms with E-state index in [1.165, 1.54) is 0 Å². The van der Waals surface area contributed by atoms with Gasteiger partial charge >= 0.3 is 0 Å². The maximum atomic E-state index is 3.68. The Hall–Kier alpha value is -0.890. The van der Waals surface area contributed by atoms with Crippen LogP contribution in [0.25, 0.3) is 0 Å². The van der Waals surface area contributed by atoms with Gasteiger partial charge in [-0.3, -0.25) is 0 Å². The largest absolute Gasteiger partial charge is 0.360 e. The Labute approximate surface area is 65.2 Å². The summed E-state index contributed by atoms with van der Waals surface area (Å²) in [6.45, 7) is 7.35. The molecule has 10 heavy (non-hydrogen) atoms.